The maximum atomic E-state index is 5.28. The van der Waals surface area contributed by atoms with Crippen LogP contribution in [0.5, 0.6) is 0 Å². The highest BCUT2D eigenvalue weighted by molar-refractivity contribution is 8.00. The number of hydrogen-bond acceptors (Lipinski definition) is 6. The number of para-hydroxylation sites is 1. The smallest absolute Gasteiger partial charge is 0.232 e. The zero-order chi connectivity index (χ0) is 14.2. The van der Waals surface area contributed by atoms with Crippen molar-refractivity contribution in [2.45, 2.75) is 36.3 Å². The van der Waals surface area contributed by atoms with Crippen molar-refractivity contribution in [2.75, 3.05) is 0 Å². The van der Waals surface area contributed by atoms with Crippen molar-refractivity contribution >= 4 is 33.3 Å². The lowest BCUT2D eigenvalue weighted by Crippen LogP contribution is -2.11. The third kappa shape index (κ3) is 2.86. The van der Waals surface area contributed by atoms with Crippen LogP contribution in [-0.4, -0.2) is 15.1 Å². The van der Waals surface area contributed by atoms with Gasteiger partial charge in [-0.25, -0.2) is 4.98 Å². The van der Waals surface area contributed by atoms with Gasteiger partial charge in [0, 0.05) is 5.41 Å². The fraction of sp³-hybridized carbons (Fsp3) is 0.357. The molecule has 0 aliphatic rings. The van der Waals surface area contributed by atoms with Crippen LogP contribution in [0.1, 0.15) is 32.5 Å². The van der Waals surface area contributed by atoms with Crippen LogP contribution in [0.3, 0.4) is 0 Å². The predicted octanol–water partition coefficient (Wildman–Crippen LogP) is 4.27. The molecule has 2 aromatic heterocycles. The molecule has 0 aliphatic carbocycles. The molecular formula is C14H15N3OS2. The average molecular weight is 305 g/mol. The molecule has 104 valence electrons. The van der Waals surface area contributed by atoms with Crippen molar-refractivity contribution in [3.8, 4) is 0 Å². The lowest BCUT2D eigenvalue weighted by molar-refractivity contribution is 0.319. The van der Waals surface area contributed by atoms with E-state index in [4.69, 9.17) is 4.52 Å². The molecule has 20 heavy (non-hydrogen) atoms. The fourth-order valence-corrected chi connectivity index (χ4v) is 3.57. The molecule has 0 spiro atoms. The van der Waals surface area contributed by atoms with Crippen molar-refractivity contribution in [1.82, 2.24) is 15.1 Å². The standard InChI is InChI=1S/C14H15N3OS2/c1-14(2,3)12-16-11(17-18-12)8-19-13-15-9-6-4-5-7-10(9)20-13/h4-7H,8H2,1-3H3. The zero-order valence-electron chi connectivity index (χ0n) is 11.6. The van der Waals surface area contributed by atoms with Crippen molar-refractivity contribution in [3.63, 3.8) is 0 Å². The number of benzene rings is 1. The second-order valence-electron chi connectivity index (χ2n) is 5.50. The number of thioether (sulfide) groups is 1. The first-order chi connectivity index (χ1) is 9.52. The maximum absolute atomic E-state index is 5.28. The van der Waals surface area contributed by atoms with Gasteiger partial charge in [0.25, 0.3) is 0 Å². The summed E-state index contributed by atoms with van der Waals surface area (Å²) in [6.07, 6.45) is 0. The molecule has 0 N–H and O–H groups in total. The molecule has 1 aromatic carbocycles. The summed E-state index contributed by atoms with van der Waals surface area (Å²) in [4.78, 5) is 9.01. The van der Waals surface area contributed by atoms with Gasteiger partial charge in [-0.2, -0.15) is 4.98 Å². The largest absolute Gasteiger partial charge is 0.339 e. The first-order valence-electron chi connectivity index (χ1n) is 6.34. The van der Waals surface area contributed by atoms with Gasteiger partial charge >= 0.3 is 0 Å². The van der Waals surface area contributed by atoms with E-state index >= 15 is 0 Å². The molecule has 0 unspecified atom stereocenters. The summed E-state index contributed by atoms with van der Waals surface area (Å²) in [6.45, 7) is 6.18. The third-order valence-electron chi connectivity index (χ3n) is 2.71. The lowest BCUT2D eigenvalue weighted by atomic mass is 9.97. The second-order valence-corrected chi connectivity index (χ2v) is 7.76. The maximum Gasteiger partial charge on any atom is 0.232 e. The van der Waals surface area contributed by atoms with Crippen molar-refractivity contribution < 1.29 is 4.52 Å². The highest BCUT2D eigenvalue weighted by atomic mass is 32.2. The van der Waals surface area contributed by atoms with Gasteiger partial charge in [0.05, 0.1) is 16.0 Å². The van der Waals surface area contributed by atoms with Gasteiger partial charge in [0.2, 0.25) is 5.89 Å². The summed E-state index contributed by atoms with van der Waals surface area (Å²) < 4.78 is 7.53. The van der Waals surface area contributed by atoms with Crippen molar-refractivity contribution in [1.29, 1.82) is 0 Å². The van der Waals surface area contributed by atoms with Crippen LogP contribution in [0.25, 0.3) is 10.2 Å². The highest BCUT2D eigenvalue weighted by Crippen LogP contribution is 2.31. The number of fused-ring (bicyclic) bond motifs is 1. The third-order valence-corrected chi connectivity index (χ3v) is 4.88. The minimum atomic E-state index is -0.105. The molecule has 3 aromatic rings. The fourth-order valence-electron chi connectivity index (χ4n) is 1.66. The molecular weight excluding hydrogens is 290 g/mol. The lowest BCUT2D eigenvalue weighted by Gasteiger charge is -2.10. The first-order valence-corrected chi connectivity index (χ1v) is 8.14. The number of rotatable bonds is 3. The van der Waals surface area contributed by atoms with Crippen LogP contribution in [-0.2, 0) is 11.2 Å². The minimum absolute atomic E-state index is 0.105. The van der Waals surface area contributed by atoms with Gasteiger partial charge in [0.15, 0.2) is 10.2 Å². The minimum Gasteiger partial charge on any atom is -0.339 e. The SMILES string of the molecule is CC(C)(C)c1nc(CSc2nc3ccccc3s2)no1. The molecule has 0 bridgehead atoms. The van der Waals surface area contributed by atoms with Gasteiger partial charge in [-0.15, -0.1) is 11.3 Å². The normalized spacial score (nSPS) is 12.2. The van der Waals surface area contributed by atoms with Gasteiger partial charge in [-0.3, -0.25) is 0 Å². The molecule has 0 aliphatic heterocycles. The Kier molecular flexibility index (Phi) is 3.52. The molecule has 0 radical (unpaired) electrons. The Morgan fingerprint density at radius 1 is 1.20 bits per heavy atom. The number of thiazole rings is 1. The van der Waals surface area contributed by atoms with E-state index in [2.05, 4.69) is 42.0 Å². The summed E-state index contributed by atoms with van der Waals surface area (Å²) in [5.74, 6) is 2.08. The summed E-state index contributed by atoms with van der Waals surface area (Å²) >= 11 is 3.34. The second kappa shape index (κ2) is 5.18. The molecule has 0 fully saturated rings. The van der Waals surface area contributed by atoms with Gasteiger partial charge < -0.3 is 4.52 Å². The Morgan fingerprint density at radius 2 is 2.00 bits per heavy atom. The van der Waals surface area contributed by atoms with Crippen LogP contribution >= 0.6 is 23.1 Å². The van der Waals surface area contributed by atoms with E-state index in [0.29, 0.717) is 11.6 Å². The van der Waals surface area contributed by atoms with Crippen molar-refractivity contribution in [2.24, 2.45) is 0 Å². The first kappa shape index (κ1) is 13.6. The predicted molar refractivity (Wildman–Crippen MR) is 82.2 cm³/mol. The number of aromatic nitrogens is 3. The Balaban J connectivity index is 1.71. The van der Waals surface area contributed by atoms with Crippen LogP contribution in [0.15, 0.2) is 33.1 Å². The molecule has 0 saturated carbocycles. The van der Waals surface area contributed by atoms with E-state index < -0.39 is 0 Å². The summed E-state index contributed by atoms with van der Waals surface area (Å²) in [7, 11) is 0. The van der Waals surface area contributed by atoms with E-state index in [1.54, 1.807) is 23.1 Å². The molecule has 3 rings (SSSR count). The Hall–Kier alpha value is -1.40. The molecule has 2 heterocycles. The Morgan fingerprint density at radius 3 is 2.70 bits per heavy atom. The van der Waals surface area contributed by atoms with E-state index in [0.717, 1.165) is 15.7 Å². The van der Waals surface area contributed by atoms with Gasteiger partial charge in [-0.05, 0) is 12.1 Å². The van der Waals surface area contributed by atoms with Crippen LogP contribution < -0.4 is 0 Å². The molecule has 0 amide bonds. The van der Waals surface area contributed by atoms with Gasteiger partial charge in [-0.1, -0.05) is 49.8 Å². The number of nitrogens with zero attached hydrogens (tertiary/aromatic N) is 3. The monoisotopic (exact) mass is 305 g/mol. The topological polar surface area (TPSA) is 51.8 Å². The Bertz CT molecular complexity index is 694. The summed E-state index contributed by atoms with van der Waals surface area (Å²) in [6, 6.07) is 8.15. The van der Waals surface area contributed by atoms with E-state index in [-0.39, 0.29) is 5.41 Å². The van der Waals surface area contributed by atoms with Crippen LogP contribution in [0, 0.1) is 0 Å². The van der Waals surface area contributed by atoms with Crippen LogP contribution in [0.2, 0.25) is 0 Å². The van der Waals surface area contributed by atoms with E-state index in [1.165, 1.54) is 4.70 Å². The summed E-state index contributed by atoms with van der Waals surface area (Å²) in [5, 5.41) is 4.02. The van der Waals surface area contributed by atoms with Crippen molar-refractivity contribution in [3.05, 3.63) is 36.0 Å². The van der Waals surface area contributed by atoms with Crippen LogP contribution in [0.4, 0.5) is 0 Å². The Labute approximate surface area is 125 Å². The summed E-state index contributed by atoms with van der Waals surface area (Å²) in [5.41, 5.74) is 0.940. The molecule has 0 atom stereocenters. The number of hydrogen-bond donors (Lipinski definition) is 0. The quantitative estimate of drug-likeness (QED) is 0.676. The average Bonchev–Trinajstić information content (AvgIpc) is 3.02. The van der Waals surface area contributed by atoms with Gasteiger partial charge in [0.1, 0.15) is 0 Å². The molecule has 0 saturated heterocycles. The molecule has 6 heteroatoms. The zero-order valence-corrected chi connectivity index (χ0v) is 13.2. The van der Waals surface area contributed by atoms with E-state index in [9.17, 15) is 0 Å². The highest BCUT2D eigenvalue weighted by Gasteiger charge is 2.21. The molecule has 4 nitrogen and oxygen atoms in total. The van der Waals surface area contributed by atoms with E-state index in [1.807, 2.05) is 18.2 Å².